The molecule has 1 atom stereocenters. The number of ketones is 1. The number of aryl methyl sites for hydroxylation is 1. The standard InChI is InChI=1S/C17H24O.C7H14/c1-6-7-15(12(2)3)10-17-11-16(14(5)18)9-8-13(17)4;1-7-5-3-2-4-6-7/h6,8-9,11-12,15H,1,7,10H2,2-5H3;7H,2-6H2,1H3. The minimum absolute atomic E-state index is 0.140. The van der Waals surface area contributed by atoms with Crippen LogP contribution in [0.15, 0.2) is 30.9 Å². The van der Waals surface area contributed by atoms with Crippen molar-refractivity contribution in [1.82, 2.24) is 0 Å². The van der Waals surface area contributed by atoms with Gasteiger partial charge in [0, 0.05) is 5.56 Å². The fourth-order valence-corrected chi connectivity index (χ4v) is 3.50. The zero-order valence-electron chi connectivity index (χ0n) is 17.1. The summed E-state index contributed by atoms with van der Waals surface area (Å²) in [6.45, 7) is 14.4. The molecule has 1 heteroatoms. The van der Waals surface area contributed by atoms with Gasteiger partial charge in [0.2, 0.25) is 0 Å². The molecule has 1 aliphatic carbocycles. The molecule has 0 heterocycles. The Labute approximate surface area is 155 Å². The number of carbonyl (C=O) groups excluding carboxylic acids is 1. The fraction of sp³-hybridized carbons (Fsp3) is 0.625. The quantitative estimate of drug-likeness (QED) is 0.395. The normalized spacial score (nSPS) is 16.1. The minimum Gasteiger partial charge on any atom is -0.295 e. The molecule has 1 nitrogen and oxygen atoms in total. The summed E-state index contributed by atoms with van der Waals surface area (Å²) in [4.78, 5) is 11.4. The van der Waals surface area contributed by atoms with Gasteiger partial charge in [0.1, 0.15) is 0 Å². The molecule has 0 N–H and O–H groups in total. The Bertz CT molecular complexity index is 535. The highest BCUT2D eigenvalue weighted by Gasteiger charge is 2.14. The van der Waals surface area contributed by atoms with Crippen molar-refractivity contribution < 1.29 is 4.79 Å². The molecule has 1 unspecified atom stereocenters. The van der Waals surface area contributed by atoms with Crippen LogP contribution in [0.4, 0.5) is 0 Å². The van der Waals surface area contributed by atoms with Crippen molar-refractivity contribution in [2.75, 3.05) is 0 Å². The van der Waals surface area contributed by atoms with Gasteiger partial charge in [-0.25, -0.2) is 0 Å². The van der Waals surface area contributed by atoms with E-state index >= 15 is 0 Å². The Morgan fingerprint density at radius 2 is 1.88 bits per heavy atom. The predicted octanol–water partition coefficient (Wildman–Crippen LogP) is 7.18. The van der Waals surface area contributed by atoms with Crippen LogP contribution >= 0.6 is 0 Å². The molecule has 1 saturated carbocycles. The highest BCUT2D eigenvalue weighted by molar-refractivity contribution is 5.94. The third kappa shape index (κ3) is 8.03. The molecule has 0 amide bonds. The van der Waals surface area contributed by atoms with E-state index in [1.54, 1.807) is 6.92 Å². The number of hydrogen-bond acceptors (Lipinski definition) is 1. The van der Waals surface area contributed by atoms with Gasteiger partial charge in [-0.05, 0) is 61.6 Å². The summed E-state index contributed by atoms with van der Waals surface area (Å²) in [7, 11) is 0. The number of carbonyl (C=O) groups is 1. The molecule has 1 aromatic carbocycles. The zero-order chi connectivity index (χ0) is 18.8. The summed E-state index contributed by atoms with van der Waals surface area (Å²) in [6, 6.07) is 6.02. The van der Waals surface area contributed by atoms with Crippen molar-refractivity contribution in [3.05, 3.63) is 47.5 Å². The number of hydrogen-bond donors (Lipinski definition) is 0. The van der Waals surface area contributed by atoms with Crippen molar-refractivity contribution in [3.8, 4) is 0 Å². The second-order valence-corrected chi connectivity index (χ2v) is 8.17. The van der Waals surface area contributed by atoms with Gasteiger partial charge in [0.15, 0.2) is 5.78 Å². The van der Waals surface area contributed by atoms with E-state index in [2.05, 4.69) is 46.4 Å². The van der Waals surface area contributed by atoms with Crippen LogP contribution in [0.2, 0.25) is 0 Å². The van der Waals surface area contributed by atoms with Gasteiger partial charge in [0.05, 0.1) is 0 Å². The molecule has 1 aromatic rings. The first-order valence-corrected chi connectivity index (χ1v) is 10.1. The molecule has 25 heavy (non-hydrogen) atoms. The van der Waals surface area contributed by atoms with Crippen molar-refractivity contribution in [3.63, 3.8) is 0 Å². The van der Waals surface area contributed by atoms with Crippen molar-refractivity contribution in [1.29, 1.82) is 0 Å². The van der Waals surface area contributed by atoms with Gasteiger partial charge in [-0.1, -0.05) is 71.1 Å². The van der Waals surface area contributed by atoms with E-state index < -0.39 is 0 Å². The van der Waals surface area contributed by atoms with Gasteiger partial charge in [-0.2, -0.15) is 0 Å². The molecule has 2 rings (SSSR count). The van der Waals surface area contributed by atoms with E-state index in [1.807, 2.05) is 12.1 Å². The van der Waals surface area contributed by atoms with Crippen LogP contribution in [0, 0.1) is 24.7 Å². The Morgan fingerprint density at radius 1 is 1.24 bits per heavy atom. The number of allylic oxidation sites excluding steroid dienone is 1. The highest BCUT2D eigenvalue weighted by atomic mass is 16.1. The molecule has 0 aromatic heterocycles. The van der Waals surface area contributed by atoms with Crippen LogP contribution in [0.25, 0.3) is 0 Å². The lowest BCUT2D eigenvalue weighted by Crippen LogP contribution is -2.12. The van der Waals surface area contributed by atoms with Gasteiger partial charge in [-0.3, -0.25) is 4.79 Å². The zero-order valence-corrected chi connectivity index (χ0v) is 17.1. The molecule has 1 fully saturated rings. The van der Waals surface area contributed by atoms with Crippen LogP contribution < -0.4 is 0 Å². The molecule has 0 aliphatic heterocycles. The lowest BCUT2D eigenvalue weighted by Gasteiger charge is -2.20. The maximum absolute atomic E-state index is 11.4. The largest absolute Gasteiger partial charge is 0.295 e. The molecule has 140 valence electrons. The summed E-state index contributed by atoms with van der Waals surface area (Å²) >= 11 is 0. The summed E-state index contributed by atoms with van der Waals surface area (Å²) in [5, 5.41) is 0. The fourth-order valence-electron chi connectivity index (χ4n) is 3.50. The average molecular weight is 343 g/mol. The van der Waals surface area contributed by atoms with E-state index in [1.165, 1.54) is 43.2 Å². The van der Waals surface area contributed by atoms with Crippen molar-refractivity contribution in [2.24, 2.45) is 17.8 Å². The van der Waals surface area contributed by atoms with Crippen molar-refractivity contribution >= 4 is 5.78 Å². The minimum atomic E-state index is 0.140. The van der Waals surface area contributed by atoms with Gasteiger partial charge in [0.25, 0.3) is 0 Å². The molecule has 0 bridgehead atoms. The van der Waals surface area contributed by atoms with Gasteiger partial charge < -0.3 is 0 Å². The molecular formula is C24H38O. The molecular weight excluding hydrogens is 304 g/mol. The topological polar surface area (TPSA) is 17.1 Å². The van der Waals surface area contributed by atoms with Gasteiger partial charge >= 0.3 is 0 Å². The van der Waals surface area contributed by atoms with E-state index in [0.29, 0.717) is 11.8 Å². The maximum atomic E-state index is 11.4. The summed E-state index contributed by atoms with van der Waals surface area (Å²) in [5.41, 5.74) is 3.38. The summed E-state index contributed by atoms with van der Waals surface area (Å²) in [6.07, 6.45) is 11.5. The average Bonchev–Trinajstić information content (AvgIpc) is 2.57. The molecule has 0 radical (unpaired) electrons. The molecule has 0 saturated heterocycles. The first-order valence-electron chi connectivity index (χ1n) is 10.1. The van der Waals surface area contributed by atoms with Crippen molar-refractivity contribution in [2.45, 2.75) is 79.6 Å². The van der Waals surface area contributed by atoms with E-state index in [4.69, 9.17) is 0 Å². The second-order valence-electron chi connectivity index (χ2n) is 8.17. The Morgan fingerprint density at radius 3 is 2.32 bits per heavy atom. The van der Waals surface area contributed by atoms with E-state index in [0.717, 1.165) is 24.3 Å². The number of Topliss-reactive ketones (excluding diaryl/α,β-unsaturated/α-hetero) is 1. The van der Waals surface area contributed by atoms with E-state index in [9.17, 15) is 4.79 Å². The third-order valence-corrected chi connectivity index (χ3v) is 5.54. The van der Waals surface area contributed by atoms with Crippen LogP contribution in [-0.2, 0) is 6.42 Å². The smallest absolute Gasteiger partial charge is 0.159 e. The first kappa shape index (κ1) is 21.7. The number of rotatable bonds is 6. The Kier molecular flexibility index (Phi) is 9.78. The Hall–Kier alpha value is -1.37. The number of benzene rings is 1. The van der Waals surface area contributed by atoms with Crippen LogP contribution in [-0.4, -0.2) is 5.78 Å². The predicted molar refractivity (Wildman–Crippen MR) is 110 cm³/mol. The first-order chi connectivity index (χ1) is 11.8. The van der Waals surface area contributed by atoms with Crippen LogP contribution in [0.3, 0.4) is 0 Å². The second kappa shape index (κ2) is 11.3. The maximum Gasteiger partial charge on any atom is 0.159 e. The monoisotopic (exact) mass is 342 g/mol. The van der Waals surface area contributed by atoms with E-state index in [-0.39, 0.29) is 5.78 Å². The van der Waals surface area contributed by atoms with Crippen LogP contribution in [0.1, 0.15) is 87.7 Å². The molecule has 0 spiro atoms. The summed E-state index contributed by atoms with van der Waals surface area (Å²) in [5.74, 6) is 2.40. The van der Waals surface area contributed by atoms with Gasteiger partial charge in [-0.15, -0.1) is 6.58 Å². The lowest BCUT2D eigenvalue weighted by atomic mass is 9.85. The SMILES string of the molecule is C=CCC(Cc1cc(C(C)=O)ccc1C)C(C)C.CC1CCCCC1. The Balaban J connectivity index is 0.000000370. The van der Waals surface area contributed by atoms with Crippen LogP contribution in [0.5, 0.6) is 0 Å². The lowest BCUT2D eigenvalue weighted by molar-refractivity contribution is 0.101. The molecule has 1 aliphatic rings. The summed E-state index contributed by atoms with van der Waals surface area (Å²) < 4.78 is 0. The third-order valence-electron chi connectivity index (χ3n) is 5.54. The highest BCUT2D eigenvalue weighted by Crippen LogP contribution is 2.24.